The second-order valence-electron chi connectivity index (χ2n) is 9.02. The van der Waals surface area contributed by atoms with Crippen LogP contribution in [0.15, 0.2) is 91.0 Å². The van der Waals surface area contributed by atoms with E-state index in [-0.39, 0.29) is 11.6 Å². The van der Waals surface area contributed by atoms with Crippen molar-refractivity contribution in [2.75, 3.05) is 9.96 Å². The van der Waals surface area contributed by atoms with Crippen LogP contribution in [0.25, 0.3) is 10.8 Å². The molecule has 4 aromatic carbocycles. The number of hydrogen-bond donors (Lipinski definition) is 0. The fraction of sp³-hybridized carbons (Fsp3) is 0.143. The van der Waals surface area contributed by atoms with Crippen LogP contribution in [-0.2, 0) is 14.4 Å². The number of hydrogen-bond acceptors (Lipinski definition) is 6. The Bertz CT molecular complexity index is 1530. The number of imide groups is 1. The number of nitro groups is 1. The molecule has 8 heteroatoms. The highest BCUT2D eigenvalue weighted by Gasteiger charge is 2.60. The van der Waals surface area contributed by atoms with Crippen LogP contribution in [0, 0.1) is 23.0 Å². The van der Waals surface area contributed by atoms with Gasteiger partial charge in [-0.25, -0.2) is 9.96 Å². The molecule has 0 aromatic heterocycles. The van der Waals surface area contributed by atoms with Gasteiger partial charge in [-0.3, -0.25) is 24.5 Å². The standard InChI is InChI=1S/C28H21N3O5/c1-17-12-14-19(15-13-17)25-24-26(36-30(25)20-8-5-9-21(16-20)31(34)35)28(33)29(27(24)32)23-11-4-7-18-6-2-3-10-22(18)23/h2-16,24-26H,1H3/t24-,25-,26-/m1/s1. The lowest BCUT2D eigenvalue weighted by Crippen LogP contribution is -2.37. The minimum Gasteiger partial charge on any atom is -0.273 e. The summed E-state index contributed by atoms with van der Waals surface area (Å²) in [5.41, 5.74) is 2.64. The van der Waals surface area contributed by atoms with E-state index in [0.717, 1.165) is 21.9 Å². The third kappa shape index (κ3) is 3.34. The normalized spacial score (nSPS) is 21.3. The Labute approximate surface area is 206 Å². The number of amides is 2. The van der Waals surface area contributed by atoms with E-state index in [1.54, 1.807) is 18.2 Å². The molecule has 2 heterocycles. The summed E-state index contributed by atoms with van der Waals surface area (Å²) in [6, 6.07) is 26.1. The van der Waals surface area contributed by atoms with Crippen LogP contribution in [0.1, 0.15) is 17.2 Å². The zero-order valence-corrected chi connectivity index (χ0v) is 19.3. The predicted octanol–water partition coefficient (Wildman–Crippen LogP) is 5.11. The van der Waals surface area contributed by atoms with Gasteiger partial charge in [0.25, 0.3) is 11.6 Å². The molecule has 2 fully saturated rings. The number of anilines is 2. The quantitative estimate of drug-likeness (QED) is 0.230. The average Bonchev–Trinajstić information content (AvgIpc) is 3.40. The van der Waals surface area contributed by atoms with E-state index in [4.69, 9.17) is 4.84 Å². The zero-order chi connectivity index (χ0) is 25.0. The fourth-order valence-corrected chi connectivity index (χ4v) is 5.13. The van der Waals surface area contributed by atoms with Gasteiger partial charge in [-0.2, -0.15) is 0 Å². The molecule has 0 radical (unpaired) electrons. The van der Waals surface area contributed by atoms with Crippen LogP contribution in [-0.4, -0.2) is 22.8 Å². The third-order valence-electron chi connectivity index (χ3n) is 6.84. The molecule has 2 amide bonds. The van der Waals surface area contributed by atoms with Crippen molar-refractivity contribution in [1.29, 1.82) is 0 Å². The zero-order valence-electron chi connectivity index (χ0n) is 19.3. The topological polar surface area (TPSA) is 93.0 Å². The lowest BCUT2D eigenvalue weighted by Gasteiger charge is -2.29. The molecule has 3 atom stereocenters. The SMILES string of the molecule is Cc1ccc([C@@H]2[C@H]3C(=O)N(c4cccc5ccccc45)C(=O)[C@@H]3ON2c2cccc([N+](=O)[O-])c2)cc1. The Morgan fingerprint density at radius 3 is 2.36 bits per heavy atom. The maximum Gasteiger partial charge on any atom is 0.271 e. The summed E-state index contributed by atoms with van der Waals surface area (Å²) >= 11 is 0. The Kier molecular flexibility index (Phi) is 5.05. The Balaban J connectivity index is 1.46. The molecule has 0 unspecified atom stereocenters. The summed E-state index contributed by atoms with van der Waals surface area (Å²) in [5.74, 6) is -1.63. The number of benzene rings is 4. The van der Waals surface area contributed by atoms with Gasteiger partial charge in [-0.1, -0.05) is 72.3 Å². The van der Waals surface area contributed by atoms with Crippen molar-refractivity contribution >= 4 is 39.6 Å². The monoisotopic (exact) mass is 479 g/mol. The van der Waals surface area contributed by atoms with Gasteiger partial charge in [-0.15, -0.1) is 0 Å². The summed E-state index contributed by atoms with van der Waals surface area (Å²) in [6.45, 7) is 1.96. The van der Waals surface area contributed by atoms with Gasteiger partial charge in [0.1, 0.15) is 5.92 Å². The second-order valence-corrected chi connectivity index (χ2v) is 9.02. The largest absolute Gasteiger partial charge is 0.273 e. The molecule has 4 aromatic rings. The fourth-order valence-electron chi connectivity index (χ4n) is 5.13. The van der Waals surface area contributed by atoms with Crippen molar-refractivity contribution in [2.24, 2.45) is 5.92 Å². The number of carbonyl (C=O) groups is 2. The number of nitrogens with zero attached hydrogens (tertiary/aromatic N) is 3. The molecule has 2 aliphatic rings. The Morgan fingerprint density at radius 1 is 0.861 bits per heavy atom. The van der Waals surface area contributed by atoms with Crippen molar-refractivity contribution in [2.45, 2.75) is 19.1 Å². The third-order valence-corrected chi connectivity index (χ3v) is 6.84. The van der Waals surface area contributed by atoms with Crippen LogP contribution in [0.3, 0.4) is 0 Å². The maximum atomic E-state index is 13.9. The molecule has 0 aliphatic carbocycles. The van der Waals surface area contributed by atoms with Crippen molar-refractivity contribution in [3.8, 4) is 0 Å². The van der Waals surface area contributed by atoms with Crippen LogP contribution in [0.5, 0.6) is 0 Å². The van der Waals surface area contributed by atoms with E-state index < -0.39 is 28.9 Å². The molecule has 6 rings (SSSR count). The van der Waals surface area contributed by atoms with Gasteiger partial charge in [0.15, 0.2) is 6.10 Å². The first-order valence-electron chi connectivity index (χ1n) is 11.6. The highest BCUT2D eigenvalue weighted by molar-refractivity contribution is 6.26. The first-order valence-corrected chi connectivity index (χ1v) is 11.6. The van der Waals surface area contributed by atoms with Gasteiger partial charge in [0.05, 0.1) is 22.3 Å². The lowest BCUT2D eigenvalue weighted by molar-refractivity contribution is -0.384. The average molecular weight is 479 g/mol. The van der Waals surface area contributed by atoms with Crippen LogP contribution < -0.4 is 9.96 Å². The van der Waals surface area contributed by atoms with Crippen LogP contribution in [0.4, 0.5) is 17.1 Å². The Morgan fingerprint density at radius 2 is 1.58 bits per heavy atom. The number of carbonyl (C=O) groups excluding carboxylic acids is 2. The van der Waals surface area contributed by atoms with E-state index in [1.807, 2.05) is 67.6 Å². The minimum atomic E-state index is -1.05. The number of non-ortho nitro benzene ring substituents is 1. The molecule has 2 aliphatic heterocycles. The number of rotatable bonds is 4. The second kappa shape index (κ2) is 8.28. The van der Waals surface area contributed by atoms with Crippen LogP contribution in [0.2, 0.25) is 0 Å². The highest BCUT2D eigenvalue weighted by Crippen LogP contribution is 2.48. The maximum absolute atomic E-state index is 13.9. The molecule has 2 saturated heterocycles. The first kappa shape index (κ1) is 21.9. The van der Waals surface area contributed by atoms with E-state index >= 15 is 0 Å². The molecule has 0 saturated carbocycles. The predicted molar refractivity (Wildman–Crippen MR) is 134 cm³/mol. The summed E-state index contributed by atoms with van der Waals surface area (Å²) in [6.07, 6.45) is -1.05. The number of nitro benzene ring substituents is 1. The van der Waals surface area contributed by atoms with Crippen molar-refractivity contribution in [3.05, 3.63) is 112 Å². The molecule has 0 bridgehead atoms. The molecule has 178 valence electrons. The molecule has 0 N–H and O–H groups in total. The van der Waals surface area contributed by atoms with Crippen molar-refractivity contribution in [3.63, 3.8) is 0 Å². The van der Waals surface area contributed by atoms with Gasteiger partial charge in [0.2, 0.25) is 5.91 Å². The van der Waals surface area contributed by atoms with Gasteiger partial charge >= 0.3 is 0 Å². The van der Waals surface area contributed by atoms with Crippen LogP contribution >= 0.6 is 0 Å². The van der Waals surface area contributed by atoms with Gasteiger partial charge < -0.3 is 0 Å². The summed E-state index contributed by atoms with van der Waals surface area (Å²) in [7, 11) is 0. The van der Waals surface area contributed by atoms with E-state index in [1.165, 1.54) is 22.1 Å². The van der Waals surface area contributed by atoms with Crippen molar-refractivity contribution < 1.29 is 19.3 Å². The molecule has 36 heavy (non-hydrogen) atoms. The smallest absolute Gasteiger partial charge is 0.271 e. The van der Waals surface area contributed by atoms with E-state index in [2.05, 4.69) is 0 Å². The van der Waals surface area contributed by atoms with E-state index in [0.29, 0.717) is 11.4 Å². The summed E-state index contributed by atoms with van der Waals surface area (Å²) < 4.78 is 0. The number of aryl methyl sites for hydroxylation is 1. The van der Waals surface area contributed by atoms with Gasteiger partial charge in [0, 0.05) is 17.5 Å². The lowest BCUT2D eigenvalue weighted by atomic mass is 9.90. The highest BCUT2D eigenvalue weighted by atomic mass is 16.7. The van der Waals surface area contributed by atoms with Crippen molar-refractivity contribution in [1.82, 2.24) is 0 Å². The minimum absolute atomic E-state index is 0.106. The number of hydroxylamine groups is 1. The number of fused-ring (bicyclic) bond motifs is 2. The molecular formula is C28H21N3O5. The molecule has 0 spiro atoms. The Hall–Kier alpha value is -4.56. The molecule has 8 nitrogen and oxygen atoms in total. The summed E-state index contributed by atoms with van der Waals surface area (Å²) in [5, 5.41) is 14.6. The first-order chi connectivity index (χ1) is 17.4. The summed E-state index contributed by atoms with van der Waals surface area (Å²) in [4.78, 5) is 45.9. The van der Waals surface area contributed by atoms with E-state index in [9.17, 15) is 19.7 Å². The van der Waals surface area contributed by atoms with Gasteiger partial charge in [-0.05, 0) is 30.0 Å². The molecular weight excluding hydrogens is 458 g/mol.